The number of carbonyl (C=O) groups is 1. The first-order chi connectivity index (χ1) is 8.35. The minimum absolute atomic E-state index is 0.124. The Morgan fingerprint density at radius 3 is 2.67 bits per heavy atom. The number of carbonyl (C=O) groups excluding carboxylic acids is 1. The van der Waals surface area contributed by atoms with Crippen molar-refractivity contribution in [3.63, 3.8) is 0 Å². The van der Waals surface area contributed by atoms with Crippen molar-refractivity contribution in [2.24, 2.45) is 0 Å². The molecule has 0 aliphatic rings. The Balaban J connectivity index is 2.75. The highest BCUT2D eigenvalue weighted by atomic mass is 32.2. The van der Waals surface area contributed by atoms with Crippen LogP contribution in [0.4, 0.5) is 0 Å². The minimum atomic E-state index is -2.96. The summed E-state index contributed by atoms with van der Waals surface area (Å²) in [5.41, 5.74) is 2.10. The molecule has 0 aliphatic carbocycles. The van der Waals surface area contributed by atoms with Gasteiger partial charge in [-0.2, -0.15) is 0 Å². The average Bonchev–Trinajstić information content (AvgIpc) is 2.58. The molecule has 0 fully saturated rings. The van der Waals surface area contributed by atoms with Crippen LogP contribution in [0, 0.1) is 6.92 Å². The van der Waals surface area contributed by atoms with E-state index in [9.17, 15) is 13.2 Å². The molecular formula is C12H19NO4S. The third-order valence-electron chi connectivity index (χ3n) is 2.60. The highest BCUT2D eigenvalue weighted by Gasteiger charge is 2.17. The molecule has 0 aliphatic heterocycles. The lowest BCUT2D eigenvalue weighted by atomic mass is 10.1. The zero-order valence-electron chi connectivity index (χ0n) is 10.9. The predicted octanol–water partition coefficient (Wildman–Crippen LogP) is 1.48. The van der Waals surface area contributed by atoms with E-state index in [-0.39, 0.29) is 11.7 Å². The molecule has 1 rings (SSSR count). The van der Waals surface area contributed by atoms with Crippen molar-refractivity contribution in [2.75, 3.05) is 18.6 Å². The number of aryl methyl sites for hydroxylation is 2. The normalized spacial score (nSPS) is 11.5. The molecule has 6 heteroatoms. The molecule has 0 bridgehead atoms. The minimum Gasteiger partial charge on any atom is -0.462 e. The number of rotatable bonds is 6. The van der Waals surface area contributed by atoms with Crippen LogP contribution >= 0.6 is 0 Å². The van der Waals surface area contributed by atoms with Gasteiger partial charge in [-0.15, -0.1) is 0 Å². The van der Waals surface area contributed by atoms with E-state index in [1.54, 1.807) is 20.0 Å². The topological polar surface area (TPSA) is 76.2 Å². The second kappa shape index (κ2) is 6.04. The first kappa shape index (κ1) is 14.8. The Morgan fingerprint density at radius 1 is 1.44 bits per heavy atom. The van der Waals surface area contributed by atoms with Gasteiger partial charge in [0.25, 0.3) is 0 Å². The summed E-state index contributed by atoms with van der Waals surface area (Å²) in [6.07, 6.45) is 4.00. The van der Waals surface area contributed by atoms with E-state index >= 15 is 0 Å². The molecule has 0 amide bonds. The fourth-order valence-electron chi connectivity index (χ4n) is 1.79. The van der Waals surface area contributed by atoms with Gasteiger partial charge < -0.3 is 9.72 Å². The maximum atomic E-state index is 11.7. The van der Waals surface area contributed by atoms with Crippen LogP contribution in [0.3, 0.4) is 0 Å². The molecule has 0 spiro atoms. The highest BCUT2D eigenvalue weighted by Crippen LogP contribution is 2.17. The molecule has 102 valence electrons. The zero-order valence-corrected chi connectivity index (χ0v) is 11.8. The van der Waals surface area contributed by atoms with E-state index < -0.39 is 9.84 Å². The molecule has 1 heterocycles. The van der Waals surface area contributed by atoms with Crippen LogP contribution in [0.2, 0.25) is 0 Å². The van der Waals surface area contributed by atoms with Gasteiger partial charge in [-0.3, -0.25) is 0 Å². The van der Waals surface area contributed by atoms with Crippen LogP contribution in [0.5, 0.6) is 0 Å². The number of nitrogens with one attached hydrogen (secondary N) is 1. The molecule has 0 aromatic carbocycles. The third-order valence-corrected chi connectivity index (χ3v) is 3.63. The summed E-state index contributed by atoms with van der Waals surface area (Å²) in [4.78, 5) is 14.7. The first-order valence-corrected chi connectivity index (χ1v) is 7.93. The van der Waals surface area contributed by atoms with Crippen molar-refractivity contribution in [1.29, 1.82) is 0 Å². The van der Waals surface area contributed by atoms with Crippen LogP contribution < -0.4 is 0 Å². The van der Waals surface area contributed by atoms with Gasteiger partial charge in [0, 0.05) is 18.1 Å². The van der Waals surface area contributed by atoms with Crippen molar-refractivity contribution in [1.82, 2.24) is 4.98 Å². The summed E-state index contributed by atoms with van der Waals surface area (Å²) >= 11 is 0. The fourth-order valence-corrected chi connectivity index (χ4v) is 2.46. The molecule has 1 aromatic heterocycles. The van der Waals surface area contributed by atoms with Crippen molar-refractivity contribution in [2.45, 2.75) is 26.7 Å². The van der Waals surface area contributed by atoms with Gasteiger partial charge in [0.15, 0.2) is 0 Å². The Kier molecular flexibility index (Phi) is 4.95. The second-order valence-corrected chi connectivity index (χ2v) is 6.53. The average molecular weight is 273 g/mol. The second-order valence-electron chi connectivity index (χ2n) is 4.27. The number of ether oxygens (including phenoxy) is 1. The summed E-state index contributed by atoms with van der Waals surface area (Å²) in [5.74, 6) is -0.231. The maximum Gasteiger partial charge on any atom is 0.340 e. The Morgan fingerprint density at radius 2 is 2.11 bits per heavy atom. The number of sulfone groups is 1. The lowest BCUT2D eigenvalue weighted by molar-refractivity contribution is 0.0524. The van der Waals surface area contributed by atoms with Gasteiger partial charge in [0.2, 0.25) is 0 Å². The molecule has 0 unspecified atom stereocenters. The Hall–Kier alpha value is -1.30. The van der Waals surface area contributed by atoms with Gasteiger partial charge in [-0.25, -0.2) is 13.2 Å². The molecule has 1 N–H and O–H groups in total. The van der Waals surface area contributed by atoms with E-state index in [1.165, 1.54) is 6.26 Å². The summed E-state index contributed by atoms with van der Waals surface area (Å²) in [5, 5.41) is 0. The lowest BCUT2D eigenvalue weighted by Gasteiger charge is -2.05. The van der Waals surface area contributed by atoms with Crippen LogP contribution in [0.25, 0.3) is 0 Å². The van der Waals surface area contributed by atoms with Crippen molar-refractivity contribution < 1.29 is 17.9 Å². The van der Waals surface area contributed by atoms with Gasteiger partial charge in [0.05, 0.1) is 17.9 Å². The smallest absolute Gasteiger partial charge is 0.340 e. The van der Waals surface area contributed by atoms with Crippen LogP contribution in [-0.2, 0) is 21.0 Å². The number of aromatic amines is 1. The number of esters is 1. The van der Waals surface area contributed by atoms with Gasteiger partial charge >= 0.3 is 5.97 Å². The summed E-state index contributed by atoms with van der Waals surface area (Å²) in [6, 6.07) is 0. The van der Waals surface area contributed by atoms with E-state index in [4.69, 9.17) is 4.74 Å². The third kappa shape index (κ3) is 4.18. The van der Waals surface area contributed by atoms with Crippen molar-refractivity contribution in [3.05, 3.63) is 23.0 Å². The number of aromatic nitrogens is 1. The van der Waals surface area contributed by atoms with E-state index in [0.29, 0.717) is 25.0 Å². The molecule has 5 nitrogen and oxygen atoms in total. The zero-order chi connectivity index (χ0) is 13.8. The fraction of sp³-hybridized carbons (Fsp3) is 0.583. The van der Waals surface area contributed by atoms with Gasteiger partial charge in [-0.1, -0.05) is 0 Å². The van der Waals surface area contributed by atoms with E-state index in [1.807, 2.05) is 0 Å². The number of H-pyrrole nitrogens is 1. The SMILES string of the molecule is CCOC(=O)c1c(CCCS(C)(=O)=O)c[nH]c1C. The molecule has 18 heavy (non-hydrogen) atoms. The number of hydrogen-bond acceptors (Lipinski definition) is 4. The van der Waals surface area contributed by atoms with Crippen molar-refractivity contribution in [3.8, 4) is 0 Å². The van der Waals surface area contributed by atoms with Crippen LogP contribution in [0.15, 0.2) is 6.20 Å². The predicted molar refractivity (Wildman–Crippen MR) is 69.5 cm³/mol. The standard InChI is InChI=1S/C12H19NO4S/c1-4-17-12(14)11-9(2)13-8-10(11)6-5-7-18(3,15)16/h8,13H,4-7H2,1-3H3. The quantitative estimate of drug-likeness (QED) is 0.796. The highest BCUT2D eigenvalue weighted by molar-refractivity contribution is 7.90. The van der Waals surface area contributed by atoms with Crippen LogP contribution in [0.1, 0.15) is 35.0 Å². The van der Waals surface area contributed by atoms with Gasteiger partial charge in [-0.05, 0) is 32.3 Å². The van der Waals surface area contributed by atoms with E-state index in [2.05, 4.69) is 4.98 Å². The van der Waals surface area contributed by atoms with Crippen molar-refractivity contribution >= 4 is 15.8 Å². The number of hydrogen-bond donors (Lipinski definition) is 1. The van der Waals surface area contributed by atoms with Gasteiger partial charge in [0.1, 0.15) is 9.84 Å². The summed E-state index contributed by atoms with van der Waals surface area (Å²) in [6.45, 7) is 3.88. The Labute approximate surface area is 107 Å². The van der Waals surface area contributed by atoms with Crippen LogP contribution in [-0.4, -0.2) is 38.0 Å². The molecule has 0 saturated heterocycles. The lowest BCUT2D eigenvalue weighted by Crippen LogP contribution is -2.09. The monoisotopic (exact) mass is 273 g/mol. The van der Waals surface area contributed by atoms with E-state index in [0.717, 1.165) is 11.3 Å². The summed E-state index contributed by atoms with van der Waals surface area (Å²) < 4.78 is 27.1. The maximum absolute atomic E-state index is 11.7. The summed E-state index contributed by atoms with van der Waals surface area (Å²) in [7, 11) is -2.96. The molecule has 1 aromatic rings. The Bertz CT molecular complexity index is 516. The molecule has 0 radical (unpaired) electrons. The molecule has 0 saturated carbocycles. The largest absolute Gasteiger partial charge is 0.462 e. The molecule has 0 atom stereocenters. The molecular weight excluding hydrogens is 254 g/mol. The first-order valence-electron chi connectivity index (χ1n) is 5.87.